The summed E-state index contributed by atoms with van der Waals surface area (Å²) in [6, 6.07) is 7.56. The molecule has 5 rings (SSSR count). The predicted octanol–water partition coefficient (Wildman–Crippen LogP) is 3.42. The average Bonchev–Trinajstić information content (AvgIpc) is 3.21. The van der Waals surface area contributed by atoms with Gasteiger partial charge in [0.25, 0.3) is 5.56 Å². The van der Waals surface area contributed by atoms with E-state index in [2.05, 4.69) is 4.98 Å². The summed E-state index contributed by atoms with van der Waals surface area (Å²) in [6.07, 6.45) is 5.91. The maximum atomic E-state index is 13.1. The first-order chi connectivity index (χ1) is 15.6. The molecule has 2 aromatic heterocycles. The lowest BCUT2D eigenvalue weighted by atomic mass is 9.97. The van der Waals surface area contributed by atoms with Crippen LogP contribution in [0.1, 0.15) is 36.6 Å². The van der Waals surface area contributed by atoms with E-state index < -0.39 is 0 Å². The standard InChI is InChI=1S/C24H27N3O4S/c1-2-26(13-16-14-30-18-8-4-5-9-19(18)31-16)21(28)11-12-27-15-25-23-22(24(27)29)17-7-3-6-10-20(17)32-23/h4-5,8-9,15-16H,2-3,6-7,10-14H2,1H3. The molecule has 1 aliphatic heterocycles. The van der Waals surface area contributed by atoms with Crippen molar-refractivity contribution in [1.29, 1.82) is 0 Å². The summed E-state index contributed by atoms with van der Waals surface area (Å²) < 4.78 is 13.4. The van der Waals surface area contributed by atoms with Crippen LogP contribution in [0.4, 0.5) is 0 Å². The molecule has 32 heavy (non-hydrogen) atoms. The van der Waals surface area contributed by atoms with Gasteiger partial charge in [0.1, 0.15) is 11.4 Å². The van der Waals surface area contributed by atoms with E-state index >= 15 is 0 Å². The zero-order valence-electron chi connectivity index (χ0n) is 18.2. The third-order valence-electron chi connectivity index (χ3n) is 6.23. The van der Waals surface area contributed by atoms with Gasteiger partial charge in [0.05, 0.1) is 18.3 Å². The number of aromatic nitrogens is 2. The molecular formula is C24H27N3O4S. The van der Waals surface area contributed by atoms with Crippen LogP contribution in [-0.2, 0) is 24.2 Å². The van der Waals surface area contributed by atoms with Crippen LogP contribution in [0, 0.1) is 0 Å². The fourth-order valence-electron chi connectivity index (χ4n) is 4.52. The average molecular weight is 454 g/mol. The molecule has 0 saturated heterocycles. The van der Waals surface area contributed by atoms with Crippen LogP contribution >= 0.6 is 11.3 Å². The molecule has 1 atom stereocenters. The first kappa shape index (κ1) is 21.0. The van der Waals surface area contributed by atoms with Crippen LogP contribution in [0.5, 0.6) is 11.5 Å². The Morgan fingerprint density at radius 3 is 2.91 bits per heavy atom. The molecule has 1 aliphatic carbocycles. The molecule has 1 amide bonds. The zero-order valence-corrected chi connectivity index (χ0v) is 19.0. The van der Waals surface area contributed by atoms with Gasteiger partial charge in [-0.15, -0.1) is 11.3 Å². The number of amides is 1. The van der Waals surface area contributed by atoms with Crippen molar-refractivity contribution in [2.24, 2.45) is 0 Å². The van der Waals surface area contributed by atoms with Gasteiger partial charge in [-0.25, -0.2) is 4.98 Å². The number of likely N-dealkylation sites (N-methyl/N-ethyl adjacent to an activating group) is 1. The smallest absolute Gasteiger partial charge is 0.262 e. The molecule has 1 unspecified atom stereocenters. The lowest BCUT2D eigenvalue weighted by Crippen LogP contribution is -2.44. The Labute approximate surface area is 190 Å². The van der Waals surface area contributed by atoms with E-state index in [1.165, 1.54) is 16.9 Å². The van der Waals surface area contributed by atoms with E-state index in [0.29, 0.717) is 32.0 Å². The maximum absolute atomic E-state index is 13.1. The van der Waals surface area contributed by atoms with Crippen LogP contribution < -0.4 is 15.0 Å². The van der Waals surface area contributed by atoms with Crippen molar-refractivity contribution in [3.05, 3.63) is 51.4 Å². The topological polar surface area (TPSA) is 73.7 Å². The first-order valence-corrected chi connectivity index (χ1v) is 12.1. The van der Waals surface area contributed by atoms with Crippen molar-refractivity contribution in [2.75, 3.05) is 19.7 Å². The number of rotatable bonds is 6. The number of hydrogen-bond donors (Lipinski definition) is 0. The normalized spacial score (nSPS) is 17.2. The Morgan fingerprint density at radius 1 is 1.25 bits per heavy atom. The summed E-state index contributed by atoms with van der Waals surface area (Å²) in [5.41, 5.74) is 1.16. The molecular weight excluding hydrogens is 426 g/mol. The highest BCUT2D eigenvalue weighted by Crippen LogP contribution is 2.33. The molecule has 0 spiro atoms. The van der Waals surface area contributed by atoms with E-state index in [1.807, 2.05) is 31.2 Å². The first-order valence-electron chi connectivity index (χ1n) is 11.3. The van der Waals surface area contributed by atoms with Gasteiger partial charge in [-0.05, 0) is 50.3 Å². The minimum atomic E-state index is -0.216. The molecule has 7 nitrogen and oxygen atoms in total. The van der Waals surface area contributed by atoms with E-state index in [0.717, 1.165) is 35.2 Å². The Balaban J connectivity index is 1.25. The van der Waals surface area contributed by atoms with Gasteiger partial charge in [-0.2, -0.15) is 0 Å². The van der Waals surface area contributed by atoms with Crippen molar-refractivity contribution in [1.82, 2.24) is 14.5 Å². The quantitative estimate of drug-likeness (QED) is 0.572. The number of carbonyl (C=O) groups excluding carboxylic acids is 1. The van der Waals surface area contributed by atoms with Gasteiger partial charge in [-0.3, -0.25) is 14.2 Å². The fourth-order valence-corrected chi connectivity index (χ4v) is 5.74. The number of nitrogens with zero attached hydrogens (tertiary/aromatic N) is 3. The second-order valence-corrected chi connectivity index (χ2v) is 9.40. The molecule has 3 aromatic rings. The van der Waals surface area contributed by atoms with Crippen molar-refractivity contribution in [3.8, 4) is 11.5 Å². The Morgan fingerprint density at radius 2 is 2.06 bits per heavy atom. The summed E-state index contributed by atoms with van der Waals surface area (Å²) in [5, 5.41) is 0.762. The van der Waals surface area contributed by atoms with Crippen molar-refractivity contribution < 1.29 is 14.3 Å². The summed E-state index contributed by atoms with van der Waals surface area (Å²) in [5.74, 6) is 1.43. The highest BCUT2D eigenvalue weighted by atomic mass is 32.1. The number of fused-ring (bicyclic) bond motifs is 4. The third-order valence-corrected chi connectivity index (χ3v) is 7.43. The minimum absolute atomic E-state index is 0.00527. The summed E-state index contributed by atoms with van der Waals surface area (Å²) in [6.45, 7) is 3.71. The Kier molecular flexibility index (Phi) is 5.87. The van der Waals surface area contributed by atoms with Crippen molar-refractivity contribution >= 4 is 27.5 Å². The summed E-state index contributed by atoms with van der Waals surface area (Å²) >= 11 is 1.64. The monoisotopic (exact) mass is 453 g/mol. The molecule has 8 heteroatoms. The highest BCUT2D eigenvalue weighted by Gasteiger charge is 2.25. The van der Waals surface area contributed by atoms with Gasteiger partial charge < -0.3 is 14.4 Å². The highest BCUT2D eigenvalue weighted by molar-refractivity contribution is 7.18. The van der Waals surface area contributed by atoms with E-state index in [1.54, 1.807) is 27.1 Å². The number of para-hydroxylation sites is 2. The number of hydrogen-bond acceptors (Lipinski definition) is 6. The molecule has 168 valence electrons. The lowest BCUT2D eigenvalue weighted by Gasteiger charge is -2.31. The van der Waals surface area contributed by atoms with Crippen LogP contribution in [0.15, 0.2) is 35.4 Å². The fraction of sp³-hybridized carbons (Fsp3) is 0.458. The van der Waals surface area contributed by atoms with E-state index in [4.69, 9.17) is 9.47 Å². The largest absolute Gasteiger partial charge is 0.486 e. The molecule has 0 N–H and O–H groups in total. The second kappa shape index (κ2) is 8.94. The minimum Gasteiger partial charge on any atom is -0.486 e. The molecule has 0 fully saturated rings. The van der Waals surface area contributed by atoms with Crippen LogP contribution in [-0.4, -0.2) is 46.2 Å². The lowest BCUT2D eigenvalue weighted by molar-refractivity contribution is -0.132. The van der Waals surface area contributed by atoms with Gasteiger partial charge in [-0.1, -0.05) is 12.1 Å². The molecule has 0 bridgehead atoms. The molecule has 2 aliphatic rings. The maximum Gasteiger partial charge on any atom is 0.262 e. The van der Waals surface area contributed by atoms with E-state index in [9.17, 15) is 9.59 Å². The second-order valence-electron chi connectivity index (χ2n) is 8.31. The van der Waals surface area contributed by atoms with E-state index in [-0.39, 0.29) is 24.0 Å². The molecule has 3 heterocycles. The zero-order chi connectivity index (χ0) is 22.1. The Bertz CT molecular complexity index is 1200. The number of carbonyl (C=O) groups is 1. The number of aryl methyl sites for hydroxylation is 3. The Hall–Kier alpha value is -2.87. The van der Waals surface area contributed by atoms with Crippen LogP contribution in [0.25, 0.3) is 10.2 Å². The van der Waals surface area contributed by atoms with Gasteiger partial charge >= 0.3 is 0 Å². The third kappa shape index (κ3) is 3.99. The molecule has 1 aromatic carbocycles. The predicted molar refractivity (Wildman–Crippen MR) is 124 cm³/mol. The summed E-state index contributed by atoms with van der Waals surface area (Å²) in [7, 11) is 0. The van der Waals surface area contributed by atoms with Gasteiger partial charge in [0.2, 0.25) is 5.91 Å². The van der Waals surface area contributed by atoms with Crippen LogP contribution in [0.2, 0.25) is 0 Å². The number of benzene rings is 1. The van der Waals surface area contributed by atoms with Gasteiger partial charge in [0.15, 0.2) is 17.6 Å². The molecule has 0 saturated carbocycles. The van der Waals surface area contributed by atoms with Crippen molar-refractivity contribution in [3.63, 3.8) is 0 Å². The van der Waals surface area contributed by atoms with Crippen molar-refractivity contribution in [2.45, 2.75) is 51.7 Å². The number of thiophene rings is 1. The molecule has 0 radical (unpaired) electrons. The summed E-state index contributed by atoms with van der Waals surface area (Å²) in [4.78, 5) is 34.5. The van der Waals surface area contributed by atoms with Gasteiger partial charge in [0, 0.05) is 24.4 Å². The van der Waals surface area contributed by atoms with Crippen LogP contribution in [0.3, 0.4) is 0 Å². The number of ether oxygens (including phenoxy) is 2. The SMILES string of the molecule is CCN(CC1COc2ccccc2O1)C(=O)CCn1cnc2sc3c(c2c1=O)CCCC3.